The zero-order valence-corrected chi connectivity index (χ0v) is 24.3. The number of aryl methyl sites for hydroxylation is 2. The summed E-state index contributed by atoms with van der Waals surface area (Å²) in [7, 11) is -3.71. The van der Waals surface area contributed by atoms with E-state index in [2.05, 4.69) is 10.0 Å². The van der Waals surface area contributed by atoms with E-state index < -0.39 is 16.1 Å². The summed E-state index contributed by atoms with van der Waals surface area (Å²) in [5.41, 5.74) is 4.49. The first-order valence-corrected chi connectivity index (χ1v) is 15.4. The van der Waals surface area contributed by atoms with Gasteiger partial charge < -0.3 is 9.64 Å². The van der Waals surface area contributed by atoms with Crippen LogP contribution < -0.4 is 14.9 Å². The van der Waals surface area contributed by atoms with E-state index in [0.717, 1.165) is 35.2 Å². The van der Waals surface area contributed by atoms with Crippen molar-refractivity contribution >= 4 is 39.2 Å². The lowest BCUT2D eigenvalue weighted by atomic mass is 10.00. The molecular weight excluding hydrogens is 564 g/mol. The molecule has 1 aliphatic rings. The van der Waals surface area contributed by atoms with Crippen molar-refractivity contribution in [2.75, 3.05) is 16.2 Å². The Bertz CT molecular complexity index is 1710. The maximum absolute atomic E-state index is 13.2. The Labute approximate surface area is 251 Å². The SMILES string of the molecule is N=C(NC(=O)OCc1ccccc1)c1ccc(CCC(=O)N2CCCc3cc(NS(=O)(=O)c4ccccc4)ccc32)cc1. The van der Waals surface area contributed by atoms with E-state index in [4.69, 9.17) is 10.1 Å². The Kier molecular flexibility index (Phi) is 9.17. The predicted octanol–water partition coefficient (Wildman–Crippen LogP) is 5.65. The molecule has 0 unspecified atom stereocenters. The average Bonchev–Trinajstić information content (AvgIpc) is 3.03. The van der Waals surface area contributed by atoms with Crippen molar-refractivity contribution in [3.05, 3.63) is 125 Å². The Hall–Kier alpha value is -4.96. The lowest BCUT2D eigenvalue weighted by Gasteiger charge is -2.30. The molecule has 4 aromatic carbocycles. The molecule has 0 saturated carbocycles. The van der Waals surface area contributed by atoms with E-state index in [1.807, 2.05) is 42.5 Å². The second-order valence-corrected chi connectivity index (χ2v) is 11.9. The van der Waals surface area contributed by atoms with Gasteiger partial charge in [0.15, 0.2) is 0 Å². The van der Waals surface area contributed by atoms with Crippen LogP contribution in [0.1, 0.15) is 35.1 Å². The number of amides is 2. The van der Waals surface area contributed by atoms with Crippen LogP contribution in [0.25, 0.3) is 0 Å². The lowest BCUT2D eigenvalue weighted by Crippen LogP contribution is -2.35. The largest absolute Gasteiger partial charge is 0.444 e. The fourth-order valence-corrected chi connectivity index (χ4v) is 5.96. The summed E-state index contributed by atoms with van der Waals surface area (Å²) in [6.45, 7) is 0.714. The molecule has 5 rings (SSSR count). The lowest BCUT2D eigenvalue weighted by molar-refractivity contribution is -0.118. The molecule has 0 fully saturated rings. The second kappa shape index (κ2) is 13.3. The average molecular weight is 597 g/mol. The van der Waals surface area contributed by atoms with Crippen LogP contribution in [0.4, 0.5) is 16.2 Å². The molecule has 0 aliphatic carbocycles. The van der Waals surface area contributed by atoms with Crippen molar-refractivity contribution in [2.45, 2.75) is 37.2 Å². The van der Waals surface area contributed by atoms with Crippen molar-refractivity contribution in [2.24, 2.45) is 0 Å². The van der Waals surface area contributed by atoms with E-state index in [-0.39, 0.29) is 23.2 Å². The predicted molar refractivity (Wildman–Crippen MR) is 166 cm³/mol. The fraction of sp³-hybridized carbons (Fsp3) is 0.182. The van der Waals surface area contributed by atoms with Gasteiger partial charge in [0.2, 0.25) is 5.91 Å². The Morgan fingerprint density at radius 3 is 2.28 bits per heavy atom. The molecule has 1 heterocycles. The Morgan fingerprint density at radius 2 is 1.56 bits per heavy atom. The molecule has 3 N–H and O–H groups in total. The van der Waals surface area contributed by atoms with Crippen LogP contribution in [0.3, 0.4) is 0 Å². The molecule has 0 radical (unpaired) electrons. The maximum Gasteiger partial charge on any atom is 0.413 e. The summed E-state index contributed by atoms with van der Waals surface area (Å²) in [5, 5.41) is 10.6. The number of carbonyl (C=O) groups excluding carboxylic acids is 2. The first-order chi connectivity index (χ1) is 20.8. The molecule has 0 aromatic heterocycles. The number of alkyl carbamates (subject to hydrolysis) is 1. The molecule has 9 nitrogen and oxygen atoms in total. The molecule has 1 aliphatic heterocycles. The summed E-state index contributed by atoms with van der Waals surface area (Å²) in [4.78, 5) is 27.2. The number of anilines is 2. The molecule has 0 atom stereocenters. The van der Waals surface area contributed by atoms with Crippen molar-refractivity contribution in [3.63, 3.8) is 0 Å². The van der Waals surface area contributed by atoms with Crippen LogP contribution in [0, 0.1) is 5.41 Å². The number of ether oxygens (including phenoxy) is 1. The van der Waals surface area contributed by atoms with Crippen molar-refractivity contribution in [1.82, 2.24) is 5.32 Å². The van der Waals surface area contributed by atoms with Crippen molar-refractivity contribution in [1.29, 1.82) is 5.41 Å². The Morgan fingerprint density at radius 1 is 0.860 bits per heavy atom. The van der Waals surface area contributed by atoms with Gasteiger partial charge in [-0.25, -0.2) is 13.2 Å². The van der Waals surface area contributed by atoms with E-state index in [1.54, 1.807) is 65.6 Å². The quantitative estimate of drug-likeness (QED) is 0.170. The third kappa shape index (κ3) is 7.66. The molecule has 0 bridgehead atoms. The van der Waals surface area contributed by atoms with Gasteiger partial charge in [-0.3, -0.25) is 20.2 Å². The van der Waals surface area contributed by atoms with Gasteiger partial charge in [-0.15, -0.1) is 0 Å². The van der Waals surface area contributed by atoms with Gasteiger partial charge in [0.1, 0.15) is 12.4 Å². The highest BCUT2D eigenvalue weighted by Crippen LogP contribution is 2.31. The zero-order chi connectivity index (χ0) is 30.2. The molecule has 2 amide bonds. The first-order valence-electron chi connectivity index (χ1n) is 14.0. The van der Waals surface area contributed by atoms with Crippen molar-refractivity contribution < 1.29 is 22.7 Å². The molecular formula is C33H32N4O5S. The van der Waals surface area contributed by atoms with Gasteiger partial charge in [0.05, 0.1) is 4.90 Å². The molecule has 220 valence electrons. The first kappa shape index (κ1) is 29.5. The van der Waals surface area contributed by atoms with Gasteiger partial charge in [0.25, 0.3) is 10.0 Å². The van der Waals surface area contributed by atoms with Crippen LogP contribution in [0.2, 0.25) is 0 Å². The highest BCUT2D eigenvalue weighted by Gasteiger charge is 2.23. The Balaban J connectivity index is 1.14. The highest BCUT2D eigenvalue weighted by molar-refractivity contribution is 7.92. The summed E-state index contributed by atoms with van der Waals surface area (Å²) in [5.74, 6) is -0.0887. The van der Waals surface area contributed by atoms with Crippen LogP contribution in [-0.2, 0) is 39.0 Å². The number of amidine groups is 1. The number of nitrogens with zero attached hydrogens (tertiary/aromatic N) is 1. The van der Waals surface area contributed by atoms with E-state index in [1.165, 1.54) is 0 Å². The van der Waals surface area contributed by atoms with Crippen LogP contribution in [0.5, 0.6) is 0 Å². The summed E-state index contributed by atoms with van der Waals surface area (Å²) >= 11 is 0. The van der Waals surface area contributed by atoms with Gasteiger partial charge in [-0.2, -0.15) is 0 Å². The fourth-order valence-electron chi connectivity index (χ4n) is 4.89. The second-order valence-electron chi connectivity index (χ2n) is 10.2. The third-order valence-electron chi connectivity index (χ3n) is 7.11. The number of nitrogens with one attached hydrogen (secondary N) is 3. The van der Waals surface area contributed by atoms with Crippen LogP contribution in [0.15, 0.2) is 108 Å². The highest BCUT2D eigenvalue weighted by atomic mass is 32.2. The number of hydrogen-bond donors (Lipinski definition) is 3. The normalized spacial score (nSPS) is 12.6. The molecule has 0 saturated heterocycles. The van der Waals surface area contributed by atoms with Crippen LogP contribution >= 0.6 is 0 Å². The van der Waals surface area contributed by atoms with E-state index in [0.29, 0.717) is 30.6 Å². The number of sulfonamides is 1. The smallest absolute Gasteiger partial charge is 0.413 e. The molecule has 4 aromatic rings. The molecule has 10 heteroatoms. The number of hydrogen-bond acceptors (Lipinski definition) is 6. The minimum Gasteiger partial charge on any atom is -0.444 e. The minimum atomic E-state index is -3.71. The number of fused-ring (bicyclic) bond motifs is 1. The van der Waals surface area contributed by atoms with E-state index >= 15 is 0 Å². The molecule has 0 spiro atoms. The maximum atomic E-state index is 13.2. The minimum absolute atomic E-state index is 0.0155. The van der Waals surface area contributed by atoms with Gasteiger partial charge in [-0.05, 0) is 66.3 Å². The summed E-state index contributed by atoms with van der Waals surface area (Å²) < 4.78 is 33.3. The van der Waals surface area contributed by atoms with Gasteiger partial charge in [0, 0.05) is 29.9 Å². The van der Waals surface area contributed by atoms with Gasteiger partial charge in [-0.1, -0.05) is 72.8 Å². The monoisotopic (exact) mass is 596 g/mol. The van der Waals surface area contributed by atoms with Crippen LogP contribution in [-0.4, -0.2) is 32.8 Å². The number of rotatable bonds is 9. The van der Waals surface area contributed by atoms with E-state index in [9.17, 15) is 18.0 Å². The third-order valence-corrected chi connectivity index (χ3v) is 8.51. The van der Waals surface area contributed by atoms with Crippen molar-refractivity contribution in [3.8, 4) is 0 Å². The standard InChI is InChI=1S/C33H32N4O5S/c34-32(35-33(39)42-23-25-8-3-1-4-9-25)26-16-13-24(14-17-26)15-20-31(38)37-21-7-10-27-22-28(18-19-30(27)37)36-43(40,41)29-11-5-2-6-12-29/h1-6,8-9,11-14,16-19,22,36H,7,10,15,20-21,23H2,(H2,34,35,39). The summed E-state index contributed by atoms with van der Waals surface area (Å²) in [6.07, 6.45) is 1.64. The number of benzene rings is 4. The number of carbonyl (C=O) groups is 2. The zero-order valence-electron chi connectivity index (χ0n) is 23.5. The topological polar surface area (TPSA) is 129 Å². The molecule has 43 heavy (non-hydrogen) atoms. The van der Waals surface area contributed by atoms with Gasteiger partial charge >= 0.3 is 6.09 Å². The summed E-state index contributed by atoms with van der Waals surface area (Å²) in [6, 6.07) is 29.9.